The molecule has 152 valence electrons. The molecule has 0 N–H and O–H groups in total. The minimum absolute atomic E-state index is 0.105. The van der Waals surface area contributed by atoms with Gasteiger partial charge in [0.25, 0.3) is 6.43 Å². The Morgan fingerprint density at radius 1 is 1.00 bits per heavy atom. The molecule has 0 saturated carbocycles. The number of piperidine rings is 1. The molecule has 0 aliphatic carbocycles. The molecule has 7 nitrogen and oxygen atoms in total. The van der Waals surface area contributed by atoms with E-state index < -0.39 is 6.43 Å². The van der Waals surface area contributed by atoms with Crippen LogP contribution in [-0.4, -0.2) is 63.9 Å². The van der Waals surface area contributed by atoms with Gasteiger partial charge in [-0.25, -0.2) is 13.8 Å². The second-order valence-corrected chi connectivity index (χ2v) is 7.54. The predicted octanol–water partition coefficient (Wildman–Crippen LogP) is 2.46. The molecule has 0 spiro atoms. The van der Waals surface area contributed by atoms with Crippen LogP contribution in [0.25, 0.3) is 0 Å². The van der Waals surface area contributed by atoms with Crippen LogP contribution in [0.15, 0.2) is 18.5 Å². The lowest BCUT2D eigenvalue weighted by Gasteiger charge is -2.35. The van der Waals surface area contributed by atoms with Gasteiger partial charge in [-0.15, -0.1) is 0 Å². The summed E-state index contributed by atoms with van der Waals surface area (Å²) in [7, 11) is 1.68. The monoisotopic (exact) mass is 391 g/mol. The third-order valence-electron chi connectivity index (χ3n) is 5.50. The molecule has 2 aliphatic heterocycles. The van der Waals surface area contributed by atoms with Crippen LogP contribution in [0.3, 0.4) is 0 Å². The molecule has 28 heavy (non-hydrogen) atoms. The van der Waals surface area contributed by atoms with Gasteiger partial charge in [0.05, 0.1) is 0 Å². The van der Waals surface area contributed by atoms with Crippen molar-refractivity contribution in [2.75, 3.05) is 49.1 Å². The molecule has 0 amide bonds. The summed E-state index contributed by atoms with van der Waals surface area (Å²) >= 11 is 0. The van der Waals surface area contributed by atoms with Crippen molar-refractivity contribution in [1.29, 1.82) is 0 Å². The Labute approximate surface area is 164 Å². The number of piperazine rings is 1. The standard InChI is InChI=1S/C19H27F2N7/c1-25-13-15(17(24-25)18(20)21)14-26-9-11-27(12-10-26)16-5-6-22-19(23-16)28-7-3-2-4-8-28/h5-6,13,18H,2-4,7-12,14H2,1H3. The van der Waals surface area contributed by atoms with Crippen molar-refractivity contribution in [2.24, 2.45) is 7.05 Å². The lowest BCUT2D eigenvalue weighted by Crippen LogP contribution is -2.46. The molecule has 9 heteroatoms. The molecule has 4 rings (SSSR count). The molecule has 2 aromatic heterocycles. The summed E-state index contributed by atoms with van der Waals surface area (Å²) in [4.78, 5) is 15.9. The third kappa shape index (κ3) is 4.24. The number of hydrogen-bond acceptors (Lipinski definition) is 6. The fourth-order valence-electron chi connectivity index (χ4n) is 4.00. The van der Waals surface area contributed by atoms with E-state index in [1.165, 1.54) is 23.9 Å². The molecule has 2 fully saturated rings. The fraction of sp³-hybridized carbons (Fsp3) is 0.632. The number of nitrogens with zero attached hydrogens (tertiary/aromatic N) is 7. The van der Waals surface area contributed by atoms with Crippen LogP contribution < -0.4 is 9.80 Å². The Morgan fingerprint density at radius 3 is 2.46 bits per heavy atom. The first kappa shape index (κ1) is 19.0. The van der Waals surface area contributed by atoms with E-state index in [2.05, 4.69) is 24.8 Å². The van der Waals surface area contributed by atoms with Crippen molar-refractivity contribution in [1.82, 2.24) is 24.6 Å². The maximum absolute atomic E-state index is 13.1. The lowest BCUT2D eigenvalue weighted by atomic mass is 10.1. The zero-order valence-electron chi connectivity index (χ0n) is 16.3. The van der Waals surface area contributed by atoms with Gasteiger partial charge in [0.1, 0.15) is 11.5 Å². The van der Waals surface area contributed by atoms with Gasteiger partial charge in [-0.05, 0) is 25.3 Å². The molecular weight excluding hydrogens is 364 g/mol. The van der Waals surface area contributed by atoms with Gasteiger partial charge in [0.2, 0.25) is 5.95 Å². The SMILES string of the molecule is Cn1cc(CN2CCN(c3ccnc(N4CCCCC4)n3)CC2)c(C(F)F)n1. The normalized spacial score (nSPS) is 18.9. The number of aromatic nitrogens is 4. The minimum atomic E-state index is -2.54. The molecule has 0 atom stereocenters. The summed E-state index contributed by atoms with van der Waals surface area (Å²) in [5.74, 6) is 1.77. The van der Waals surface area contributed by atoms with E-state index in [4.69, 9.17) is 4.98 Å². The largest absolute Gasteiger partial charge is 0.354 e. The molecule has 4 heterocycles. The molecule has 0 radical (unpaired) electrons. The zero-order valence-corrected chi connectivity index (χ0v) is 16.3. The van der Waals surface area contributed by atoms with Crippen LogP contribution in [-0.2, 0) is 13.6 Å². The number of rotatable bonds is 5. The fourth-order valence-corrected chi connectivity index (χ4v) is 4.00. The third-order valence-corrected chi connectivity index (χ3v) is 5.50. The first-order valence-corrected chi connectivity index (χ1v) is 9.96. The van der Waals surface area contributed by atoms with Gasteiger partial charge in [0.15, 0.2) is 0 Å². The zero-order chi connectivity index (χ0) is 19.5. The highest BCUT2D eigenvalue weighted by atomic mass is 19.3. The van der Waals surface area contributed by atoms with Crippen LogP contribution in [0.5, 0.6) is 0 Å². The lowest BCUT2D eigenvalue weighted by molar-refractivity contribution is 0.142. The molecule has 0 unspecified atom stereocenters. The second kappa shape index (κ2) is 8.38. The first-order chi connectivity index (χ1) is 13.6. The molecule has 2 saturated heterocycles. The van der Waals surface area contributed by atoms with E-state index in [0.717, 1.165) is 51.0 Å². The van der Waals surface area contributed by atoms with Gasteiger partial charge in [-0.3, -0.25) is 9.58 Å². The van der Waals surface area contributed by atoms with Crippen LogP contribution in [0.4, 0.5) is 20.5 Å². The van der Waals surface area contributed by atoms with E-state index in [9.17, 15) is 8.78 Å². The molecule has 0 bridgehead atoms. The molecular formula is C19H27F2N7. The number of anilines is 2. The molecule has 0 aromatic carbocycles. The van der Waals surface area contributed by atoms with Crippen molar-refractivity contribution in [3.05, 3.63) is 29.7 Å². The Hall–Kier alpha value is -2.29. The average Bonchev–Trinajstić information content (AvgIpc) is 3.10. The van der Waals surface area contributed by atoms with Crippen molar-refractivity contribution < 1.29 is 8.78 Å². The maximum Gasteiger partial charge on any atom is 0.282 e. The summed E-state index contributed by atoms with van der Waals surface area (Å²) in [6, 6.07) is 1.96. The Morgan fingerprint density at radius 2 is 1.75 bits per heavy atom. The second-order valence-electron chi connectivity index (χ2n) is 7.54. The van der Waals surface area contributed by atoms with Gasteiger partial charge in [-0.1, -0.05) is 0 Å². The Kier molecular flexibility index (Phi) is 5.70. The van der Waals surface area contributed by atoms with Gasteiger partial charge >= 0.3 is 0 Å². The summed E-state index contributed by atoms with van der Waals surface area (Å²) in [5, 5.41) is 3.90. The van der Waals surface area contributed by atoms with Crippen molar-refractivity contribution in [3.63, 3.8) is 0 Å². The summed E-state index contributed by atoms with van der Waals surface area (Å²) in [6.45, 7) is 5.80. The maximum atomic E-state index is 13.1. The average molecular weight is 391 g/mol. The van der Waals surface area contributed by atoms with Crippen LogP contribution >= 0.6 is 0 Å². The van der Waals surface area contributed by atoms with Crippen molar-refractivity contribution in [2.45, 2.75) is 32.2 Å². The van der Waals surface area contributed by atoms with Gasteiger partial charge < -0.3 is 9.80 Å². The topological polar surface area (TPSA) is 53.3 Å². The predicted molar refractivity (Wildman–Crippen MR) is 104 cm³/mol. The summed E-state index contributed by atoms with van der Waals surface area (Å²) in [5.41, 5.74) is 0.507. The summed E-state index contributed by atoms with van der Waals surface area (Å²) in [6.07, 6.45) is 4.67. The van der Waals surface area contributed by atoms with E-state index in [1.807, 2.05) is 12.3 Å². The highest BCUT2D eigenvalue weighted by Crippen LogP contribution is 2.24. The van der Waals surface area contributed by atoms with Gasteiger partial charge in [0, 0.05) is 70.8 Å². The van der Waals surface area contributed by atoms with E-state index >= 15 is 0 Å². The highest BCUT2D eigenvalue weighted by Gasteiger charge is 2.23. The highest BCUT2D eigenvalue weighted by molar-refractivity contribution is 5.44. The van der Waals surface area contributed by atoms with E-state index in [0.29, 0.717) is 12.1 Å². The van der Waals surface area contributed by atoms with Crippen LogP contribution in [0.2, 0.25) is 0 Å². The Balaban J connectivity index is 1.37. The molecule has 2 aromatic rings. The van der Waals surface area contributed by atoms with Crippen molar-refractivity contribution in [3.8, 4) is 0 Å². The van der Waals surface area contributed by atoms with E-state index in [1.54, 1.807) is 13.2 Å². The number of alkyl halides is 2. The Bertz CT molecular complexity index is 780. The van der Waals surface area contributed by atoms with E-state index in [-0.39, 0.29) is 5.69 Å². The minimum Gasteiger partial charge on any atom is -0.354 e. The first-order valence-electron chi connectivity index (χ1n) is 9.96. The number of halogens is 2. The number of hydrogen-bond donors (Lipinski definition) is 0. The van der Waals surface area contributed by atoms with Crippen LogP contribution in [0.1, 0.15) is 36.9 Å². The smallest absolute Gasteiger partial charge is 0.282 e. The number of aryl methyl sites for hydroxylation is 1. The van der Waals surface area contributed by atoms with Gasteiger partial charge in [-0.2, -0.15) is 10.1 Å². The quantitative estimate of drug-likeness (QED) is 0.781. The van der Waals surface area contributed by atoms with Crippen molar-refractivity contribution >= 4 is 11.8 Å². The summed E-state index contributed by atoms with van der Waals surface area (Å²) < 4.78 is 27.8. The molecule has 2 aliphatic rings. The van der Waals surface area contributed by atoms with Crippen LogP contribution in [0, 0.1) is 0 Å².